The summed E-state index contributed by atoms with van der Waals surface area (Å²) >= 11 is 0. The van der Waals surface area contributed by atoms with Crippen molar-refractivity contribution in [3.05, 3.63) is 18.0 Å². The molecule has 0 aliphatic rings. The van der Waals surface area contributed by atoms with Crippen molar-refractivity contribution in [1.82, 2.24) is 9.78 Å². The van der Waals surface area contributed by atoms with Gasteiger partial charge < -0.3 is 10.5 Å². The Hall–Kier alpha value is -1.36. The van der Waals surface area contributed by atoms with Gasteiger partial charge in [0.25, 0.3) is 0 Å². The molecule has 1 aromatic rings. The Morgan fingerprint density at radius 1 is 1.37 bits per heavy atom. The van der Waals surface area contributed by atoms with Crippen LogP contribution in [-0.4, -0.2) is 22.4 Å². The molecular weight excluding hydrogens is 242 g/mol. The summed E-state index contributed by atoms with van der Waals surface area (Å²) in [6, 6.07) is -0.728. The largest absolute Gasteiger partial charge is 0.464 e. The van der Waals surface area contributed by atoms with E-state index >= 15 is 0 Å². The molecule has 0 fully saturated rings. The number of nitrogens with zero attached hydrogens (tertiary/aromatic N) is 2. The topological polar surface area (TPSA) is 70.1 Å². The lowest BCUT2D eigenvalue weighted by Gasteiger charge is -2.09. The van der Waals surface area contributed by atoms with Gasteiger partial charge in [-0.05, 0) is 6.42 Å². The third-order valence-electron chi connectivity index (χ3n) is 3.08. The zero-order chi connectivity index (χ0) is 14.1. The number of hydrogen-bond acceptors (Lipinski definition) is 4. The molecule has 0 aliphatic heterocycles. The molecule has 1 aromatic heterocycles. The molecule has 5 heteroatoms. The van der Waals surface area contributed by atoms with Crippen LogP contribution in [0.1, 0.15) is 57.1 Å². The Morgan fingerprint density at radius 3 is 2.68 bits per heavy atom. The van der Waals surface area contributed by atoms with Crippen LogP contribution in [0.2, 0.25) is 0 Å². The number of nitrogens with two attached hydrogens (primary N) is 1. The maximum absolute atomic E-state index is 11.7. The van der Waals surface area contributed by atoms with Crippen LogP contribution in [0.5, 0.6) is 0 Å². The molecule has 19 heavy (non-hydrogen) atoms. The SMILES string of the molecule is CCCCCCCCOC(=O)C(N)c1cnn(C)c1. The maximum atomic E-state index is 11.7. The van der Waals surface area contributed by atoms with Crippen LogP contribution < -0.4 is 5.73 Å². The number of rotatable bonds is 9. The van der Waals surface area contributed by atoms with Crippen molar-refractivity contribution >= 4 is 5.97 Å². The molecule has 0 aliphatic carbocycles. The summed E-state index contributed by atoms with van der Waals surface area (Å²) in [5, 5.41) is 3.99. The second-order valence-electron chi connectivity index (χ2n) is 4.86. The van der Waals surface area contributed by atoms with Gasteiger partial charge in [-0.25, -0.2) is 4.79 Å². The molecule has 0 radical (unpaired) electrons. The van der Waals surface area contributed by atoms with Crippen molar-refractivity contribution in [3.63, 3.8) is 0 Å². The molecule has 0 aromatic carbocycles. The Kier molecular flexibility index (Phi) is 7.18. The fraction of sp³-hybridized carbons (Fsp3) is 0.714. The Labute approximate surface area is 115 Å². The van der Waals surface area contributed by atoms with Crippen LogP contribution in [0.4, 0.5) is 0 Å². The van der Waals surface area contributed by atoms with Crippen molar-refractivity contribution in [2.75, 3.05) is 6.61 Å². The van der Waals surface area contributed by atoms with Crippen molar-refractivity contribution in [2.24, 2.45) is 12.8 Å². The molecule has 1 atom stereocenters. The van der Waals surface area contributed by atoms with Gasteiger partial charge >= 0.3 is 5.97 Å². The summed E-state index contributed by atoms with van der Waals surface area (Å²) in [7, 11) is 1.79. The Balaban J connectivity index is 2.14. The number of aryl methyl sites for hydroxylation is 1. The molecule has 0 saturated carbocycles. The number of aromatic nitrogens is 2. The number of esters is 1. The van der Waals surface area contributed by atoms with Crippen LogP contribution in [0.15, 0.2) is 12.4 Å². The summed E-state index contributed by atoms with van der Waals surface area (Å²) in [6.45, 7) is 2.65. The third-order valence-corrected chi connectivity index (χ3v) is 3.08. The first-order valence-electron chi connectivity index (χ1n) is 7.06. The van der Waals surface area contributed by atoms with Gasteiger partial charge in [0.05, 0.1) is 12.8 Å². The van der Waals surface area contributed by atoms with Crippen molar-refractivity contribution < 1.29 is 9.53 Å². The van der Waals surface area contributed by atoms with Crippen LogP contribution in [0.3, 0.4) is 0 Å². The van der Waals surface area contributed by atoms with Crippen LogP contribution in [0.25, 0.3) is 0 Å². The first-order valence-corrected chi connectivity index (χ1v) is 7.06. The fourth-order valence-electron chi connectivity index (χ4n) is 1.88. The summed E-state index contributed by atoms with van der Waals surface area (Å²) in [5.74, 6) is -0.374. The van der Waals surface area contributed by atoms with Crippen molar-refractivity contribution in [1.29, 1.82) is 0 Å². The maximum Gasteiger partial charge on any atom is 0.327 e. The molecule has 0 bridgehead atoms. The van der Waals surface area contributed by atoms with Gasteiger partial charge in [0.2, 0.25) is 0 Å². The van der Waals surface area contributed by atoms with E-state index in [0.29, 0.717) is 12.2 Å². The minimum atomic E-state index is -0.728. The summed E-state index contributed by atoms with van der Waals surface area (Å²) in [5.41, 5.74) is 6.49. The minimum absolute atomic E-state index is 0.374. The van der Waals surface area contributed by atoms with Gasteiger partial charge in [0.1, 0.15) is 6.04 Å². The van der Waals surface area contributed by atoms with Gasteiger partial charge in [0.15, 0.2) is 0 Å². The van der Waals surface area contributed by atoms with E-state index in [9.17, 15) is 4.79 Å². The average molecular weight is 267 g/mol. The Morgan fingerprint density at radius 2 is 2.05 bits per heavy atom. The fourth-order valence-corrected chi connectivity index (χ4v) is 1.88. The summed E-state index contributed by atoms with van der Waals surface area (Å²) in [4.78, 5) is 11.7. The van der Waals surface area contributed by atoms with Crippen LogP contribution in [-0.2, 0) is 16.6 Å². The van der Waals surface area contributed by atoms with E-state index < -0.39 is 6.04 Å². The van der Waals surface area contributed by atoms with E-state index in [0.717, 1.165) is 12.8 Å². The average Bonchev–Trinajstić information content (AvgIpc) is 2.83. The van der Waals surface area contributed by atoms with E-state index in [1.54, 1.807) is 24.1 Å². The van der Waals surface area contributed by atoms with Gasteiger partial charge in [-0.2, -0.15) is 5.10 Å². The highest BCUT2D eigenvalue weighted by Gasteiger charge is 2.18. The molecule has 0 amide bonds. The quantitative estimate of drug-likeness (QED) is 0.550. The van der Waals surface area contributed by atoms with Gasteiger partial charge in [-0.1, -0.05) is 39.0 Å². The van der Waals surface area contributed by atoms with Crippen LogP contribution in [0, 0.1) is 0 Å². The summed E-state index contributed by atoms with van der Waals surface area (Å²) < 4.78 is 6.79. The van der Waals surface area contributed by atoms with Gasteiger partial charge in [0, 0.05) is 18.8 Å². The molecule has 2 N–H and O–H groups in total. The zero-order valence-corrected chi connectivity index (χ0v) is 12.0. The summed E-state index contributed by atoms with van der Waals surface area (Å²) in [6.07, 6.45) is 10.3. The third kappa shape index (κ3) is 5.87. The number of unbranched alkanes of at least 4 members (excludes halogenated alkanes) is 5. The molecule has 5 nitrogen and oxygen atoms in total. The molecule has 1 unspecified atom stereocenters. The molecular formula is C14H25N3O2. The molecule has 1 rings (SSSR count). The van der Waals surface area contributed by atoms with Crippen LogP contribution >= 0.6 is 0 Å². The predicted molar refractivity (Wildman–Crippen MR) is 74.5 cm³/mol. The highest BCUT2D eigenvalue weighted by atomic mass is 16.5. The standard InChI is InChI=1S/C14H25N3O2/c1-3-4-5-6-7-8-9-19-14(18)13(15)12-10-16-17(2)11-12/h10-11,13H,3-9,15H2,1-2H3. The second kappa shape index (κ2) is 8.69. The Bertz CT molecular complexity index is 377. The van der Waals surface area contributed by atoms with Crippen molar-refractivity contribution in [2.45, 2.75) is 51.5 Å². The highest BCUT2D eigenvalue weighted by Crippen LogP contribution is 2.11. The van der Waals surface area contributed by atoms with Gasteiger partial charge in [-0.3, -0.25) is 4.68 Å². The molecule has 0 saturated heterocycles. The number of ether oxygens (including phenoxy) is 1. The highest BCUT2D eigenvalue weighted by molar-refractivity contribution is 5.77. The first-order chi connectivity index (χ1) is 9.15. The molecule has 1 heterocycles. The lowest BCUT2D eigenvalue weighted by Crippen LogP contribution is -2.23. The zero-order valence-electron chi connectivity index (χ0n) is 12.0. The molecule has 0 spiro atoms. The normalized spacial score (nSPS) is 12.4. The van der Waals surface area contributed by atoms with E-state index in [-0.39, 0.29) is 5.97 Å². The minimum Gasteiger partial charge on any atom is -0.464 e. The number of hydrogen-bond donors (Lipinski definition) is 1. The van der Waals surface area contributed by atoms with E-state index in [1.165, 1.54) is 25.7 Å². The monoisotopic (exact) mass is 267 g/mol. The van der Waals surface area contributed by atoms with Crippen molar-refractivity contribution in [3.8, 4) is 0 Å². The number of carbonyl (C=O) groups is 1. The van der Waals surface area contributed by atoms with Gasteiger partial charge in [-0.15, -0.1) is 0 Å². The smallest absolute Gasteiger partial charge is 0.327 e. The van der Waals surface area contributed by atoms with E-state index in [1.807, 2.05) is 0 Å². The van der Waals surface area contributed by atoms with E-state index in [4.69, 9.17) is 10.5 Å². The second-order valence-corrected chi connectivity index (χ2v) is 4.86. The number of carbonyl (C=O) groups excluding carboxylic acids is 1. The first kappa shape index (κ1) is 15.7. The lowest BCUT2D eigenvalue weighted by atomic mass is 10.1. The lowest BCUT2D eigenvalue weighted by molar-refractivity contribution is -0.145. The predicted octanol–water partition coefficient (Wildman–Crippen LogP) is 2.32. The van der Waals surface area contributed by atoms with E-state index in [2.05, 4.69) is 12.0 Å². The molecule has 108 valence electrons.